The van der Waals surface area contributed by atoms with Gasteiger partial charge in [-0.1, -0.05) is 23.8 Å². The van der Waals surface area contributed by atoms with E-state index in [-0.39, 0.29) is 0 Å². The summed E-state index contributed by atoms with van der Waals surface area (Å²) in [5.41, 5.74) is 2.63. The van der Waals surface area contributed by atoms with Crippen molar-refractivity contribution in [3.63, 3.8) is 0 Å². The Kier molecular flexibility index (Phi) is 2.45. The minimum absolute atomic E-state index is 0.951. The third kappa shape index (κ3) is 1.66. The second-order valence-corrected chi connectivity index (χ2v) is 3.99. The molecule has 1 heterocycles. The molecular formula is C11H14ClN. The Morgan fingerprint density at radius 1 is 1.46 bits per heavy atom. The summed E-state index contributed by atoms with van der Waals surface area (Å²) in [6.07, 6.45) is 9.76. The lowest BCUT2D eigenvalue weighted by Crippen LogP contribution is -2.23. The van der Waals surface area contributed by atoms with Gasteiger partial charge in [-0.05, 0) is 30.9 Å². The second kappa shape index (κ2) is 3.59. The van der Waals surface area contributed by atoms with E-state index in [1.54, 1.807) is 0 Å². The van der Waals surface area contributed by atoms with Crippen LogP contribution in [0.2, 0.25) is 0 Å². The molecule has 0 aromatic carbocycles. The van der Waals surface area contributed by atoms with Gasteiger partial charge in [0.2, 0.25) is 0 Å². The van der Waals surface area contributed by atoms with Crippen molar-refractivity contribution in [3.05, 3.63) is 34.5 Å². The second-order valence-electron chi connectivity index (χ2n) is 3.58. The van der Waals surface area contributed by atoms with E-state index in [2.05, 4.69) is 30.2 Å². The van der Waals surface area contributed by atoms with Crippen LogP contribution < -0.4 is 0 Å². The third-order valence-corrected chi connectivity index (χ3v) is 3.02. The summed E-state index contributed by atoms with van der Waals surface area (Å²) in [7, 11) is 2.13. The van der Waals surface area contributed by atoms with Crippen LogP contribution in [-0.4, -0.2) is 18.5 Å². The van der Waals surface area contributed by atoms with Crippen LogP contribution in [-0.2, 0) is 0 Å². The standard InChI is InChI=1S/C11H14ClN/c1-13-8-4-5-9-10(12)6-2-3-7-11(9)13/h3,6-7H,2,4-5,8H2,1H3. The first-order valence-electron chi connectivity index (χ1n) is 4.76. The number of allylic oxidation sites excluding steroid dienone is 5. The SMILES string of the molecule is CN1CCCC2=C1C=CCC=C2Cl. The molecule has 0 spiro atoms. The third-order valence-electron chi connectivity index (χ3n) is 2.64. The average molecular weight is 196 g/mol. The van der Waals surface area contributed by atoms with Crippen molar-refractivity contribution in [1.82, 2.24) is 4.90 Å². The summed E-state index contributed by atoms with van der Waals surface area (Å²) >= 11 is 6.20. The van der Waals surface area contributed by atoms with Gasteiger partial charge in [-0.15, -0.1) is 0 Å². The highest BCUT2D eigenvalue weighted by Crippen LogP contribution is 2.31. The molecule has 0 aromatic rings. The number of halogens is 1. The zero-order valence-electron chi connectivity index (χ0n) is 7.89. The minimum Gasteiger partial charge on any atom is -0.374 e. The Morgan fingerprint density at radius 3 is 3.15 bits per heavy atom. The highest BCUT2D eigenvalue weighted by atomic mass is 35.5. The first-order valence-corrected chi connectivity index (χ1v) is 5.13. The van der Waals surface area contributed by atoms with Crippen molar-refractivity contribution in [2.24, 2.45) is 0 Å². The number of hydrogen-bond donors (Lipinski definition) is 0. The predicted molar refractivity (Wildman–Crippen MR) is 56.6 cm³/mol. The number of likely N-dealkylation sites (N-methyl/N-ethyl adjacent to an activating group) is 1. The molecule has 0 atom stereocenters. The van der Waals surface area contributed by atoms with Gasteiger partial charge in [0.25, 0.3) is 0 Å². The van der Waals surface area contributed by atoms with E-state index in [1.165, 1.54) is 17.7 Å². The van der Waals surface area contributed by atoms with Crippen LogP contribution in [0.15, 0.2) is 34.5 Å². The van der Waals surface area contributed by atoms with Crippen LogP contribution >= 0.6 is 11.6 Å². The molecule has 0 amide bonds. The van der Waals surface area contributed by atoms with E-state index in [1.807, 2.05) is 0 Å². The van der Waals surface area contributed by atoms with E-state index >= 15 is 0 Å². The van der Waals surface area contributed by atoms with Crippen molar-refractivity contribution in [1.29, 1.82) is 0 Å². The molecule has 2 aliphatic rings. The minimum atomic E-state index is 0.951. The molecular weight excluding hydrogens is 182 g/mol. The van der Waals surface area contributed by atoms with Crippen molar-refractivity contribution >= 4 is 11.6 Å². The van der Waals surface area contributed by atoms with Crippen molar-refractivity contribution in [2.45, 2.75) is 19.3 Å². The van der Waals surface area contributed by atoms with Gasteiger partial charge in [0, 0.05) is 24.3 Å². The van der Waals surface area contributed by atoms with Gasteiger partial charge >= 0.3 is 0 Å². The highest BCUT2D eigenvalue weighted by molar-refractivity contribution is 6.32. The number of rotatable bonds is 0. The van der Waals surface area contributed by atoms with Crippen LogP contribution in [0, 0.1) is 0 Å². The molecule has 0 saturated carbocycles. The van der Waals surface area contributed by atoms with Gasteiger partial charge in [-0.3, -0.25) is 0 Å². The topological polar surface area (TPSA) is 3.24 Å². The Morgan fingerprint density at radius 2 is 2.31 bits per heavy atom. The molecule has 0 saturated heterocycles. The zero-order chi connectivity index (χ0) is 9.26. The average Bonchev–Trinajstić information content (AvgIpc) is 2.30. The molecule has 0 radical (unpaired) electrons. The van der Waals surface area contributed by atoms with Gasteiger partial charge < -0.3 is 4.90 Å². The molecule has 0 bridgehead atoms. The van der Waals surface area contributed by atoms with E-state index in [0.717, 1.165) is 24.4 Å². The molecule has 0 N–H and O–H groups in total. The maximum Gasteiger partial charge on any atom is 0.0421 e. The highest BCUT2D eigenvalue weighted by Gasteiger charge is 2.17. The van der Waals surface area contributed by atoms with Crippen molar-refractivity contribution in [2.75, 3.05) is 13.6 Å². The summed E-state index contributed by atoms with van der Waals surface area (Å²) in [6, 6.07) is 0. The zero-order valence-corrected chi connectivity index (χ0v) is 8.64. The lowest BCUT2D eigenvalue weighted by molar-refractivity contribution is 0.394. The molecule has 13 heavy (non-hydrogen) atoms. The van der Waals surface area contributed by atoms with Gasteiger partial charge in [0.15, 0.2) is 0 Å². The van der Waals surface area contributed by atoms with E-state index in [0.29, 0.717) is 0 Å². The number of hydrogen-bond acceptors (Lipinski definition) is 1. The van der Waals surface area contributed by atoms with Gasteiger partial charge in [-0.2, -0.15) is 0 Å². The fraction of sp³-hybridized carbons (Fsp3) is 0.455. The van der Waals surface area contributed by atoms with Crippen LogP contribution in [0.4, 0.5) is 0 Å². The van der Waals surface area contributed by atoms with E-state index in [4.69, 9.17) is 11.6 Å². The molecule has 0 aromatic heterocycles. The molecule has 1 aliphatic carbocycles. The fourth-order valence-electron chi connectivity index (χ4n) is 1.92. The summed E-state index contributed by atoms with van der Waals surface area (Å²) in [4.78, 5) is 2.29. The smallest absolute Gasteiger partial charge is 0.0421 e. The summed E-state index contributed by atoms with van der Waals surface area (Å²) in [5.74, 6) is 0. The Labute approximate surface area is 84.4 Å². The lowest BCUT2D eigenvalue weighted by atomic mass is 10.0. The van der Waals surface area contributed by atoms with Crippen molar-refractivity contribution < 1.29 is 0 Å². The predicted octanol–water partition coefficient (Wildman–Crippen LogP) is 3.05. The molecule has 2 rings (SSSR count). The maximum atomic E-state index is 6.20. The summed E-state index contributed by atoms with van der Waals surface area (Å²) in [5, 5.41) is 0.951. The maximum absolute atomic E-state index is 6.20. The largest absolute Gasteiger partial charge is 0.374 e. The summed E-state index contributed by atoms with van der Waals surface area (Å²) in [6.45, 7) is 1.15. The first-order chi connectivity index (χ1) is 6.29. The molecule has 0 fully saturated rings. The molecule has 70 valence electrons. The quantitative estimate of drug-likeness (QED) is 0.575. The molecule has 0 unspecified atom stereocenters. The first kappa shape index (κ1) is 8.89. The Balaban J connectivity index is 2.43. The molecule has 1 nitrogen and oxygen atoms in total. The lowest BCUT2D eigenvalue weighted by Gasteiger charge is -2.28. The Hall–Kier alpha value is -0.690. The Bertz CT molecular complexity index is 299. The normalized spacial score (nSPS) is 22.6. The van der Waals surface area contributed by atoms with Crippen LogP contribution in [0.1, 0.15) is 19.3 Å². The van der Waals surface area contributed by atoms with Crippen LogP contribution in [0.5, 0.6) is 0 Å². The van der Waals surface area contributed by atoms with Crippen LogP contribution in [0.3, 0.4) is 0 Å². The van der Waals surface area contributed by atoms with Gasteiger partial charge in [0.05, 0.1) is 0 Å². The van der Waals surface area contributed by atoms with Crippen molar-refractivity contribution in [3.8, 4) is 0 Å². The monoisotopic (exact) mass is 195 g/mol. The van der Waals surface area contributed by atoms with E-state index in [9.17, 15) is 0 Å². The van der Waals surface area contributed by atoms with Gasteiger partial charge in [-0.25, -0.2) is 0 Å². The number of nitrogens with zero attached hydrogens (tertiary/aromatic N) is 1. The molecule has 1 aliphatic heterocycles. The summed E-state index contributed by atoms with van der Waals surface area (Å²) < 4.78 is 0. The molecule has 2 heteroatoms. The fourth-order valence-corrected chi connectivity index (χ4v) is 2.20. The van der Waals surface area contributed by atoms with Gasteiger partial charge in [0.1, 0.15) is 0 Å². The van der Waals surface area contributed by atoms with E-state index < -0.39 is 0 Å². The van der Waals surface area contributed by atoms with Crippen LogP contribution in [0.25, 0.3) is 0 Å².